The summed E-state index contributed by atoms with van der Waals surface area (Å²) < 4.78 is 0. The number of allylic oxidation sites excluding steroid dienone is 1. The summed E-state index contributed by atoms with van der Waals surface area (Å²) in [6.45, 7) is 7.70. The largest absolute Gasteiger partial charge is 0.309 e. The van der Waals surface area contributed by atoms with Crippen LogP contribution < -0.4 is 0 Å². The lowest BCUT2D eigenvalue weighted by Gasteiger charge is -2.06. The molecule has 0 amide bonds. The van der Waals surface area contributed by atoms with Crippen molar-refractivity contribution in [2.45, 2.75) is 26.7 Å². The van der Waals surface area contributed by atoms with E-state index in [1.807, 2.05) is 13.0 Å². The SMILES string of the molecule is C=CCC(C)C(=N)CC. The fourth-order valence-electron chi connectivity index (χ4n) is 0.741. The average Bonchev–Trinajstić information content (AvgIpc) is 1.87. The van der Waals surface area contributed by atoms with E-state index in [0.717, 1.165) is 18.6 Å². The van der Waals surface area contributed by atoms with Gasteiger partial charge in [-0.05, 0) is 18.8 Å². The topological polar surface area (TPSA) is 23.9 Å². The first-order valence-corrected chi connectivity index (χ1v) is 3.40. The van der Waals surface area contributed by atoms with E-state index in [0.29, 0.717) is 5.92 Å². The zero-order chi connectivity index (χ0) is 7.28. The van der Waals surface area contributed by atoms with Crippen LogP contribution in [0.25, 0.3) is 0 Å². The highest BCUT2D eigenvalue weighted by Gasteiger charge is 2.02. The molecule has 52 valence electrons. The van der Waals surface area contributed by atoms with Gasteiger partial charge in [0.2, 0.25) is 0 Å². The summed E-state index contributed by atoms with van der Waals surface area (Å²) in [7, 11) is 0. The first-order valence-electron chi connectivity index (χ1n) is 3.40. The molecule has 0 aliphatic heterocycles. The van der Waals surface area contributed by atoms with Crippen LogP contribution in [0.15, 0.2) is 12.7 Å². The molecule has 0 aliphatic carbocycles. The third-order valence-corrected chi connectivity index (χ3v) is 1.50. The zero-order valence-corrected chi connectivity index (χ0v) is 6.28. The predicted molar refractivity (Wildman–Crippen MR) is 42.0 cm³/mol. The van der Waals surface area contributed by atoms with E-state index in [1.54, 1.807) is 0 Å². The second-order valence-corrected chi connectivity index (χ2v) is 2.30. The minimum Gasteiger partial charge on any atom is -0.309 e. The molecule has 0 aromatic carbocycles. The molecule has 0 spiro atoms. The molecule has 1 N–H and O–H groups in total. The van der Waals surface area contributed by atoms with Crippen LogP contribution in [-0.2, 0) is 0 Å². The van der Waals surface area contributed by atoms with Crippen LogP contribution in [0.1, 0.15) is 26.7 Å². The summed E-state index contributed by atoms with van der Waals surface area (Å²) in [4.78, 5) is 0. The molecular formula is C8H15N. The van der Waals surface area contributed by atoms with Gasteiger partial charge in [-0.2, -0.15) is 0 Å². The van der Waals surface area contributed by atoms with Crippen LogP contribution in [-0.4, -0.2) is 5.71 Å². The molecule has 0 radical (unpaired) electrons. The van der Waals surface area contributed by atoms with E-state index in [-0.39, 0.29) is 0 Å². The lowest BCUT2D eigenvalue weighted by Crippen LogP contribution is -2.06. The van der Waals surface area contributed by atoms with Gasteiger partial charge < -0.3 is 5.41 Å². The lowest BCUT2D eigenvalue weighted by atomic mass is 10.0. The maximum Gasteiger partial charge on any atom is 0.0118 e. The van der Waals surface area contributed by atoms with Crippen molar-refractivity contribution in [3.63, 3.8) is 0 Å². The zero-order valence-electron chi connectivity index (χ0n) is 6.28. The van der Waals surface area contributed by atoms with Gasteiger partial charge in [0.05, 0.1) is 0 Å². The van der Waals surface area contributed by atoms with Crippen LogP contribution >= 0.6 is 0 Å². The third kappa shape index (κ3) is 3.07. The first kappa shape index (κ1) is 8.41. The molecule has 1 atom stereocenters. The molecule has 0 aromatic heterocycles. The Balaban J connectivity index is 3.58. The highest BCUT2D eigenvalue weighted by atomic mass is 14.4. The molecule has 0 aliphatic rings. The van der Waals surface area contributed by atoms with Crippen molar-refractivity contribution in [3.8, 4) is 0 Å². The molecule has 0 bridgehead atoms. The number of hydrogen-bond donors (Lipinski definition) is 1. The van der Waals surface area contributed by atoms with Gasteiger partial charge in [-0.15, -0.1) is 6.58 Å². The second kappa shape index (κ2) is 4.30. The van der Waals surface area contributed by atoms with Gasteiger partial charge in [0, 0.05) is 5.71 Å². The van der Waals surface area contributed by atoms with E-state index in [1.165, 1.54) is 0 Å². The van der Waals surface area contributed by atoms with Crippen molar-refractivity contribution < 1.29 is 0 Å². The normalized spacial score (nSPS) is 12.7. The van der Waals surface area contributed by atoms with Gasteiger partial charge in [-0.3, -0.25) is 0 Å². The summed E-state index contributed by atoms with van der Waals surface area (Å²) in [6.07, 6.45) is 3.68. The van der Waals surface area contributed by atoms with Crippen molar-refractivity contribution in [1.82, 2.24) is 0 Å². The van der Waals surface area contributed by atoms with E-state index < -0.39 is 0 Å². The Bertz CT molecular complexity index is 105. The molecule has 1 unspecified atom stereocenters. The van der Waals surface area contributed by atoms with E-state index >= 15 is 0 Å². The van der Waals surface area contributed by atoms with Crippen LogP contribution in [0.3, 0.4) is 0 Å². The predicted octanol–water partition coefficient (Wildman–Crippen LogP) is 2.63. The number of nitrogens with one attached hydrogen (secondary N) is 1. The monoisotopic (exact) mass is 125 g/mol. The maximum atomic E-state index is 7.40. The van der Waals surface area contributed by atoms with Crippen molar-refractivity contribution >= 4 is 5.71 Å². The van der Waals surface area contributed by atoms with E-state index in [4.69, 9.17) is 5.41 Å². The standard InChI is InChI=1S/C8H15N/c1-4-6-7(3)8(9)5-2/h4,7,9H,1,5-6H2,2-3H3. The molecule has 0 aromatic rings. The highest BCUT2D eigenvalue weighted by Crippen LogP contribution is 2.05. The molecule has 1 nitrogen and oxygen atoms in total. The lowest BCUT2D eigenvalue weighted by molar-refractivity contribution is 0.767. The quantitative estimate of drug-likeness (QED) is 0.441. The van der Waals surface area contributed by atoms with Gasteiger partial charge in [0.25, 0.3) is 0 Å². The molecule has 9 heavy (non-hydrogen) atoms. The average molecular weight is 125 g/mol. The van der Waals surface area contributed by atoms with Crippen LogP contribution in [0.4, 0.5) is 0 Å². The van der Waals surface area contributed by atoms with E-state index in [2.05, 4.69) is 13.5 Å². The molecule has 0 heterocycles. The first-order chi connectivity index (χ1) is 4.22. The van der Waals surface area contributed by atoms with Crippen LogP contribution in [0, 0.1) is 11.3 Å². The fraction of sp³-hybridized carbons (Fsp3) is 0.625. The Kier molecular flexibility index (Phi) is 4.02. The maximum absolute atomic E-state index is 7.40. The summed E-state index contributed by atoms with van der Waals surface area (Å²) >= 11 is 0. The molecule has 0 saturated carbocycles. The molecule has 0 rings (SSSR count). The molecular weight excluding hydrogens is 110 g/mol. The van der Waals surface area contributed by atoms with Gasteiger partial charge in [0.15, 0.2) is 0 Å². The van der Waals surface area contributed by atoms with Crippen LogP contribution in [0.2, 0.25) is 0 Å². The van der Waals surface area contributed by atoms with Crippen molar-refractivity contribution in [3.05, 3.63) is 12.7 Å². The van der Waals surface area contributed by atoms with Gasteiger partial charge >= 0.3 is 0 Å². The van der Waals surface area contributed by atoms with Crippen molar-refractivity contribution in [1.29, 1.82) is 5.41 Å². The minimum absolute atomic E-state index is 0.396. The molecule has 0 fully saturated rings. The third-order valence-electron chi connectivity index (χ3n) is 1.50. The number of rotatable bonds is 4. The second-order valence-electron chi connectivity index (χ2n) is 2.30. The Morgan fingerprint density at radius 2 is 2.33 bits per heavy atom. The smallest absolute Gasteiger partial charge is 0.0118 e. The summed E-state index contributed by atoms with van der Waals surface area (Å²) in [5, 5.41) is 7.40. The fourth-order valence-corrected chi connectivity index (χ4v) is 0.741. The van der Waals surface area contributed by atoms with Crippen molar-refractivity contribution in [2.24, 2.45) is 5.92 Å². The highest BCUT2D eigenvalue weighted by molar-refractivity contribution is 5.83. The summed E-state index contributed by atoms with van der Waals surface area (Å²) in [5.41, 5.74) is 0.829. The van der Waals surface area contributed by atoms with Gasteiger partial charge in [-0.1, -0.05) is 19.9 Å². The van der Waals surface area contributed by atoms with Gasteiger partial charge in [0.1, 0.15) is 0 Å². The summed E-state index contributed by atoms with van der Waals surface area (Å²) in [5.74, 6) is 0.396. The Labute approximate surface area is 57.3 Å². The molecule has 1 heteroatoms. The Morgan fingerprint density at radius 3 is 2.67 bits per heavy atom. The Morgan fingerprint density at radius 1 is 1.78 bits per heavy atom. The molecule has 0 saturated heterocycles. The Hall–Kier alpha value is -0.590. The van der Waals surface area contributed by atoms with E-state index in [9.17, 15) is 0 Å². The van der Waals surface area contributed by atoms with Crippen LogP contribution in [0.5, 0.6) is 0 Å². The number of hydrogen-bond acceptors (Lipinski definition) is 1. The van der Waals surface area contributed by atoms with Crippen molar-refractivity contribution in [2.75, 3.05) is 0 Å². The van der Waals surface area contributed by atoms with Gasteiger partial charge in [-0.25, -0.2) is 0 Å². The summed E-state index contributed by atoms with van der Waals surface area (Å²) in [6, 6.07) is 0. The minimum atomic E-state index is 0.396.